The molecule has 0 atom stereocenters. The van der Waals surface area contributed by atoms with Crippen LogP contribution in [0.5, 0.6) is 11.6 Å². The summed E-state index contributed by atoms with van der Waals surface area (Å²) in [4.78, 5) is 15.3. The zero-order chi connectivity index (χ0) is 13.7. The third-order valence-electron chi connectivity index (χ3n) is 2.15. The molecule has 0 fully saturated rings. The number of pyridine rings is 1. The highest BCUT2D eigenvalue weighted by Gasteiger charge is 2.27. The Labute approximate surface area is 103 Å². The number of carbonyl (C=O) groups is 1. The van der Waals surface area contributed by atoms with Crippen LogP contribution in [-0.4, -0.2) is 31.8 Å². The second-order valence-corrected chi connectivity index (χ2v) is 3.15. The average Bonchev–Trinajstić information content (AvgIpc) is 2.36. The maximum absolute atomic E-state index is 13.0. The SMILES string of the molecule is CCOC(=O)c1cnc(OC)c(OC)c1C(F)F. The standard InChI is InChI=1S/C11H13F2NO4/c1-4-18-11(15)6-5-14-10(17-3)8(16-2)7(6)9(12)13/h5,9H,4H2,1-3H3. The number of alkyl halides is 2. The molecular formula is C11H13F2NO4. The molecule has 0 aromatic carbocycles. The van der Waals surface area contributed by atoms with Gasteiger partial charge < -0.3 is 14.2 Å². The molecule has 1 rings (SSSR count). The molecule has 0 unspecified atom stereocenters. The summed E-state index contributed by atoms with van der Waals surface area (Å²) in [7, 11) is 2.46. The van der Waals surface area contributed by atoms with E-state index in [2.05, 4.69) is 9.72 Å². The lowest BCUT2D eigenvalue weighted by Crippen LogP contribution is -2.11. The van der Waals surface area contributed by atoms with E-state index in [4.69, 9.17) is 9.47 Å². The summed E-state index contributed by atoms with van der Waals surface area (Å²) in [6.45, 7) is 1.66. The number of carbonyl (C=O) groups excluding carboxylic acids is 1. The molecule has 0 saturated carbocycles. The number of aromatic nitrogens is 1. The molecule has 100 valence electrons. The fourth-order valence-electron chi connectivity index (χ4n) is 1.42. The first-order valence-corrected chi connectivity index (χ1v) is 5.12. The second kappa shape index (κ2) is 6.13. The van der Waals surface area contributed by atoms with Crippen LogP contribution in [0, 0.1) is 0 Å². The topological polar surface area (TPSA) is 57.7 Å². The zero-order valence-corrected chi connectivity index (χ0v) is 10.2. The molecule has 0 bridgehead atoms. The van der Waals surface area contributed by atoms with Gasteiger partial charge in [-0.05, 0) is 6.92 Å². The Kier molecular flexibility index (Phi) is 4.82. The molecule has 5 nitrogen and oxygen atoms in total. The first-order chi connectivity index (χ1) is 8.56. The van der Waals surface area contributed by atoms with E-state index in [9.17, 15) is 13.6 Å². The number of nitrogens with zero attached hydrogens (tertiary/aromatic N) is 1. The number of hydrogen-bond acceptors (Lipinski definition) is 5. The smallest absolute Gasteiger partial charge is 0.340 e. The van der Waals surface area contributed by atoms with Gasteiger partial charge in [0.2, 0.25) is 0 Å². The van der Waals surface area contributed by atoms with Crippen molar-refractivity contribution in [3.05, 3.63) is 17.3 Å². The van der Waals surface area contributed by atoms with Crippen molar-refractivity contribution in [1.29, 1.82) is 0 Å². The van der Waals surface area contributed by atoms with Crippen LogP contribution < -0.4 is 9.47 Å². The summed E-state index contributed by atoms with van der Waals surface area (Å²) in [5, 5.41) is 0. The lowest BCUT2D eigenvalue weighted by Gasteiger charge is -2.14. The van der Waals surface area contributed by atoms with Gasteiger partial charge in [-0.2, -0.15) is 0 Å². The molecule has 1 aromatic rings. The third kappa shape index (κ3) is 2.66. The number of hydrogen-bond donors (Lipinski definition) is 0. The van der Waals surface area contributed by atoms with Crippen molar-refractivity contribution in [3.63, 3.8) is 0 Å². The van der Waals surface area contributed by atoms with E-state index >= 15 is 0 Å². The largest absolute Gasteiger partial charge is 0.491 e. The molecule has 0 amide bonds. The van der Waals surface area contributed by atoms with Crippen molar-refractivity contribution < 1.29 is 27.8 Å². The lowest BCUT2D eigenvalue weighted by molar-refractivity contribution is 0.0513. The molecule has 0 saturated heterocycles. The molecule has 0 aliphatic heterocycles. The summed E-state index contributed by atoms with van der Waals surface area (Å²) >= 11 is 0. The van der Waals surface area contributed by atoms with Crippen LogP contribution in [0.15, 0.2) is 6.20 Å². The Morgan fingerprint density at radius 3 is 2.50 bits per heavy atom. The van der Waals surface area contributed by atoms with Crippen molar-refractivity contribution in [2.24, 2.45) is 0 Å². The highest BCUT2D eigenvalue weighted by molar-refractivity contribution is 5.92. The Bertz CT molecular complexity index is 437. The molecule has 7 heteroatoms. The highest BCUT2D eigenvalue weighted by atomic mass is 19.3. The molecule has 0 radical (unpaired) electrons. The van der Waals surface area contributed by atoms with E-state index in [1.807, 2.05) is 0 Å². The quantitative estimate of drug-likeness (QED) is 0.760. The number of ether oxygens (including phenoxy) is 3. The van der Waals surface area contributed by atoms with Gasteiger partial charge in [-0.1, -0.05) is 0 Å². The van der Waals surface area contributed by atoms with E-state index < -0.39 is 18.0 Å². The molecule has 18 heavy (non-hydrogen) atoms. The summed E-state index contributed by atoms with van der Waals surface area (Å²) in [6.07, 6.45) is -1.92. The minimum atomic E-state index is -2.91. The van der Waals surface area contributed by atoms with Gasteiger partial charge in [-0.25, -0.2) is 18.6 Å². The minimum Gasteiger partial charge on any atom is -0.491 e. The Hall–Kier alpha value is -1.92. The van der Waals surface area contributed by atoms with Crippen LogP contribution >= 0.6 is 0 Å². The summed E-state index contributed by atoms with van der Waals surface area (Å²) in [5.74, 6) is -1.25. The van der Waals surface area contributed by atoms with E-state index in [0.717, 1.165) is 6.20 Å². The Balaban J connectivity index is 3.39. The van der Waals surface area contributed by atoms with Crippen molar-refractivity contribution in [3.8, 4) is 11.6 Å². The first kappa shape index (κ1) is 14.1. The van der Waals surface area contributed by atoms with E-state index in [0.29, 0.717) is 0 Å². The molecule has 1 aromatic heterocycles. The Morgan fingerprint density at radius 1 is 1.39 bits per heavy atom. The first-order valence-electron chi connectivity index (χ1n) is 5.12. The third-order valence-corrected chi connectivity index (χ3v) is 2.15. The second-order valence-electron chi connectivity index (χ2n) is 3.15. The van der Waals surface area contributed by atoms with Gasteiger partial charge in [0.25, 0.3) is 12.3 Å². The monoisotopic (exact) mass is 261 g/mol. The van der Waals surface area contributed by atoms with Crippen molar-refractivity contribution in [2.45, 2.75) is 13.3 Å². The summed E-state index contributed by atoms with van der Waals surface area (Å²) < 4.78 is 40.3. The van der Waals surface area contributed by atoms with Crippen LogP contribution in [0.2, 0.25) is 0 Å². The lowest BCUT2D eigenvalue weighted by atomic mass is 10.1. The zero-order valence-electron chi connectivity index (χ0n) is 10.2. The van der Waals surface area contributed by atoms with Gasteiger partial charge in [-0.15, -0.1) is 0 Å². The summed E-state index contributed by atoms with van der Waals surface area (Å²) in [6, 6.07) is 0. The maximum atomic E-state index is 13.0. The minimum absolute atomic E-state index is 0.0792. The van der Waals surface area contributed by atoms with Crippen LogP contribution in [0.1, 0.15) is 29.3 Å². The van der Waals surface area contributed by atoms with Gasteiger partial charge in [0, 0.05) is 6.20 Å². The van der Waals surface area contributed by atoms with Gasteiger partial charge in [0.15, 0.2) is 5.75 Å². The van der Waals surface area contributed by atoms with Gasteiger partial charge in [0.05, 0.1) is 32.0 Å². The van der Waals surface area contributed by atoms with E-state index in [-0.39, 0.29) is 23.8 Å². The molecule has 0 aliphatic carbocycles. The highest BCUT2D eigenvalue weighted by Crippen LogP contribution is 2.37. The number of methoxy groups -OCH3 is 2. The van der Waals surface area contributed by atoms with Crippen molar-refractivity contribution in [2.75, 3.05) is 20.8 Å². The van der Waals surface area contributed by atoms with Crippen LogP contribution in [0.25, 0.3) is 0 Å². The molecule has 0 spiro atoms. The van der Waals surface area contributed by atoms with Gasteiger partial charge in [0.1, 0.15) is 0 Å². The predicted molar refractivity (Wildman–Crippen MR) is 58.3 cm³/mol. The fourth-order valence-corrected chi connectivity index (χ4v) is 1.42. The molecular weight excluding hydrogens is 248 g/mol. The summed E-state index contributed by atoms with van der Waals surface area (Å²) in [5.41, 5.74) is -0.910. The maximum Gasteiger partial charge on any atom is 0.340 e. The average molecular weight is 261 g/mol. The van der Waals surface area contributed by atoms with Crippen LogP contribution in [-0.2, 0) is 4.74 Å². The van der Waals surface area contributed by atoms with Crippen molar-refractivity contribution in [1.82, 2.24) is 4.98 Å². The number of rotatable bonds is 5. The van der Waals surface area contributed by atoms with E-state index in [1.54, 1.807) is 6.92 Å². The van der Waals surface area contributed by atoms with Gasteiger partial charge in [-0.3, -0.25) is 0 Å². The fraction of sp³-hybridized carbons (Fsp3) is 0.455. The van der Waals surface area contributed by atoms with Crippen molar-refractivity contribution >= 4 is 5.97 Å². The normalized spacial score (nSPS) is 10.3. The molecule has 0 aliphatic rings. The van der Waals surface area contributed by atoms with E-state index in [1.165, 1.54) is 14.2 Å². The molecule has 1 heterocycles. The Morgan fingerprint density at radius 2 is 2.06 bits per heavy atom. The predicted octanol–water partition coefficient (Wildman–Crippen LogP) is 2.21. The van der Waals surface area contributed by atoms with Gasteiger partial charge >= 0.3 is 5.97 Å². The number of halogens is 2. The van der Waals surface area contributed by atoms with Crippen LogP contribution in [0.3, 0.4) is 0 Å². The molecule has 0 N–H and O–H groups in total. The van der Waals surface area contributed by atoms with Crippen LogP contribution in [0.4, 0.5) is 8.78 Å². The number of esters is 1.